The number of carboxylic acid groups (broad SMARTS) is 1. The molecule has 0 aromatic heterocycles. The van der Waals surface area contributed by atoms with Crippen LogP contribution in [0.15, 0.2) is 18.2 Å². The van der Waals surface area contributed by atoms with Crippen LogP contribution in [0.2, 0.25) is 5.02 Å². The van der Waals surface area contributed by atoms with Crippen molar-refractivity contribution in [1.29, 1.82) is 0 Å². The molecule has 0 aliphatic heterocycles. The zero-order chi connectivity index (χ0) is 18.7. The molecular formula is C16H18ClF3N2O3. The van der Waals surface area contributed by atoms with Gasteiger partial charge in [0.1, 0.15) is 0 Å². The van der Waals surface area contributed by atoms with Crippen molar-refractivity contribution in [3.05, 3.63) is 34.3 Å². The van der Waals surface area contributed by atoms with E-state index >= 15 is 0 Å². The van der Waals surface area contributed by atoms with Crippen molar-refractivity contribution in [3.63, 3.8) is 0 Å². The van der Waals surface area contributed by atoms with Crippen LogP contribution < -0.4 is 10.6 Å². The van der Waals surface area contributed by atoms with Crippen LogP contribution in [0.3, 0.4) is 0 Å². The Morgan fingerprint density at radius 1 is 1.24 bits per heavy atom. The van der Waals surface area contributed by atoms with E-state index in [-0.39, 0.29) is 24.5 Å². The van der Waals surface area contributed by atoms with Crippen molar-refractivity contribution >= 4 is 23.6 Å². The highest BCUT2D eigenvalue weighted by Crippen LogP contribution is 2.51. The lowest BCUT2D eigenvalue weighted by Gasteiger charge is -2.20. The lowest BCUT2D eigenvalue weighted by atomic mass is 9.94. The van der Waals surface area contributed by atoms with Gasteiger partial charge in [-0.1, -0.05) is 11.6 Å². The van der Waals surface area contributed by atoms with E-state index < -0.39 is 29.2 Å². The maximum Gasteiger partial charge on any atom is 0.416 e. The third-order valence-corrected chi connectivity index (χ3v) is 4.49. The van der Waals surface area contributed by atoms with E-state index in [2.05, 4.69) is 10.6 Å². The normalized spacial score (nSPS) is 15.5. The van der Waals surface area contributed by atoms with Gasteiger partial charge in [-0.3, -0.25) is 4.79 Å². The first-order chi connectivity index (χ1) is 11.6. The third kappa shape index (κ3) is 5.26. The molecular weight excluding hydrogens is 361 g/mol. The van der Waals surface area contributed by atoms with Crippen LogP contribution in [0.1, 0.15) is 36.8 Å². The summed E-state index contributed by atoms with van der Waals surface area (Å²) in [4.78, 5) is 22.1. The summed E-state index contributed by atoms with van der Waals surface area (Å²) in [6.07, 6.45) is -2.94. The molecule has 5 nitrogen and oxygen atoms in total. The SMILES string of the molecule is O=C(O)CCCNC(=O)NCC1(c2cc(C(F)(F)F)ccc2Cl)CC1. The summed E-state index contributed by atoms with van der Waals surface area (Å²) in [5.74, 6) is -0.946. The molecule has 1 aromatic rings. The van der Waals surface area contributed by atoms with Crippen LogP contribution in [-0.2, 0) is 16.4 Å². The summed E-state index contributed by atoms with van der Waals surface area (Å²) in [6.45, 7) is 0.369. The fourth-order valence-electron chi connectivity index (χ4n) is 2.55. The first kappa shape index (κ1) is 19.4. The number of urea groups is 1. The number of nitrogens with one attached hydrogen (secondary N) is 2. The Morgan fingerprint density at radius 3 is 2.48 bits per heavy atom. The zero-order valence-corrected chi connectivity index (χ0v) is 14.0. The van der Waals surface area contributed by atoms with Gasteiger partial charge in [-0.2, -0.15) is 13.2 Å². The highest BCUT2D eigenvalue weighted by molar-refractivity contribution is 6.31. The molecule has 9 heteroatoms. The summed E-state index contributed by atoms with van der Waals surface area (Å²) in [7, 11) is 0. The summed E-state index contributed by atoms with van der Waals surface area (Å²) in [5.41, 5.74) is -0.969. The van der Waals surface area contributed by atoms with Crippen LogP contribution in [0.25, 0.3) is 0 Å². The van der Waals surface area contributed by atoms with E-state index in [1.807, 2.05) is 0 Å². The number of carbonyl (C=O) groups is 2. The van der Waals surface area contributed by atoms with Crippen molar-refractivity contribution in [2.24, 2.45) is 0 Å². The first-order valence-electron chi connectivity index (χ1n) is 7.75. The molecule has 0 atom stereocenters. The molecule has 1 aromatic carbocycles. The highest BCUT2D eigenvalue weighted by Gasteiger charge is 2.46. The average Bonchev–Trinajstić information content (AvgIpc) is 3.29. The fourth-order valence-corrected chi connectivity index (χ4v) is 2.87. The fraction of sp³-hybridized carbons (Fsp3) is 0.500. The minimum Gasteiger partial charge on any atom is -0.481 e. The predicted octanol–water partition coefficient (Wildman–Crippen LogP) is 3.55. The van der Waals surface area contributed by atoms with Crippen LogP contribution >= 0.6 is 11.6 Å². The molecule has 0 radical (unpaired) electrons. The second kappa shape index (κ2) is 7.51. The number of hydrogen-bond donors (Lipinski definition) is 3. The minimum atomic E-state index is -4.45. The molecule has 1 aliphatic carbocycles. The van der Waals surface area contributed by atoms with E-state index in [1.165, 1.54) is 6.07 Å². The second-order valence-electron chi connectivity index (χ2n) is 6.08. The van der Waals surface area contributed by atoms with Gasteiger partial charge in [0.2, 0.25) is 0 Å². The number of alkyl halides is 3. The van der Waals surface area contributed by atoms with E-state index in [4.69, 9.17) is 16.7 Å². The van der Waals surface area contributed by atoms with Crippen LogP contribution in [0.4, 0.5) is 18.0 Å². The van der Waals surface area contributed by atoms with Gasteiger partial charge in [-0.05, 0) is 43.0 Å². The number of rotatable bonds is 7. The molecule has 0 heterocycles. The lowest BCUT2D eigenvalue weighted by molar-refractivity contribution is -0.138. The van der Waals surface area contributed by atoms with Crippen molar-refractivity contribution < 1.29 is 27.9 Å². The van der Waals surface area contributed by atoms with Gasteiger partial charge < -0.3 is 15.7 Å². The number of halogens is 4. The molecule has 3 N–H and O–H groups in total. The summed E-state index contributed by atoms with van der Waals surface area (Å²) >= 11 is 6.07. The highest BCUT2D eigenvalue weighted by atomic mass is 35.5. The predicted molar refractivity (Wildman–Crippen MR) is 85.6 cm³/mol. The third-order valence-electron chi connectivity index (χ3n) is 4.16. The molecule has 25 heavy (non-hydrogen) atoms. The standard InChI is InChI=1S/C16H18ClF3N2O3/c17-12-4-3-10(16(18,19)20)8-11(12)15(5-6-15)9-22-14(25)21-7-1-2-13(23)24/h3-4,8H,1-2,5-7,9H2,(H,23,24)(H2,21,22,25). The molecule has 0 spiro atoms. The summed E-state index contributed by atoms with van der Waals surface area (Å²) in [6, 6.07) is 2.72. The monoisotopic (exact) mass is 378 g/mol. The Morgan fingerprint density at radius 2 is 1.92 bits per heavy atom. The molecule has 2 rings (SSSR count). The topological polar surface area (TPSA) is 78.4 Å². The molecule has 1 fully saturated rings. The van der Waals surface area contributed by atoms with Gasteiger partial charge in [-0.15, -0.1) is 0 Å². The first-order valence-corrected chi connectivity index (χ1v) is 8.13. The molecule has 1 saturated carbocycles. The Balaban J connectivity index is 1.94. The smallest absolute Gasteiger partial charge is 0.416 e. The van der Waals surface area contributed by atoms with Crippen LogP contribution in [-0.4, -0.2) is 30.2 Å². The van der Waals surface area contributed by atoms with Crippen molar-refractivity contribution in [1.82, 2.24) is 10.6 Å². The van der Waals surface area contributed by atoms with Crippen molar-refractivity contribution in [2.45, 2.75) is 37.3 Å². The van der Waals surface area contributed by atoms with E-state index in [0.29, 0.717) is 24.8 Å². The molecule has 138 valence electrons. The van der Waals surface area contributed by atoms with Gasteiger partial charge in [-0.25, -0.2) is 4.79 Å². The second-order valence-corrected chi connectivity index (χ2v) is 6.49. The van der Waals surface area contributed by atoms with Crippen LogP contribution in [0.5, 0.6) is 0 Å². The largest absolute Gasteiger partial charge is 0.481 e. The van der Waals surface area contributed by atoms with E-state index in [9.17, 15) is 22.8 Å². The van der Waals surface area contributed by atoms with E-state index in [0.717, 1.165) is 12.1 Å². The molecule has 0 unspecified atom stereocenters. The molecule has 2 amide bonds. The Hall–Kier alpha value is -1.96. The summed E-state index contributed by atoms with van der Waals surface area (Å²) < 4.78 is 38.7. The van der Waals surface area contributed by atoms with Gasteiger partial charge in [0.15, 0.2) is 0 Å². The average molecular weight is 379 g/mol. The maximum atomic E-state index is 12.9. The van der Waals surface area contributed by atoms with Crippen LogP contribution in [0, 0.1) is 0 Å². The van der Waals surface area contributed by atoms with Gasteiger partial charge in [0, 0.05) is 29.9 Å². The van der Waals surface area contributed by atoms with Gasteiger partial charge >= 0.3 is 18.2 Å². The van der Waals surface area contributed by atoms with E-state index in [1.54, 1.807) is 0 Å². The van der Waals surface area contributed by atoms with Crippen molar-refractivity contribution in [2.75, 3.05) is 13.1 Å². The number of amides is 2. The molecule has 1 aliphatic rings. The number of benzene rings is 1. The van der Waals surface area contributed by atoms with Gasteiger partial charge in [0.05, 0.1) is 5.56 Å². The number of aliphatic carboxylic acids is 1. The Kier molecular flexibility index (Phi) is 5.82. The van der Waals surface area contributed by atoms with Gasteiger partial charge in [0.25, 0.3) is 0 Å². The lowest BCUT2D eigenvalue weighted by Crippen LogP contribution is -2.40. The quantitative estimate of drug-likeness (QED) is 0.635. The number of hydrogen-bond acceptors (Lipinski definition) is 2. The zero-order valence-electron chi connectivity index (χ0n) is 13.3. The number of carbonyl (C=O) groups excluding carboxylic acids is 1. The van der Waals surface area contributed by atoms with Crippen molar-refractivity contribution in [3.8, 4) is 0 Å². The summed E-state index contributed by atoms with van der Waals surface area (Å²) in [5, 5.41) is 13.9. The number of carboxylic acids is 1. The Labute approximate surface area is 147 Å². The molecule has 0 bridgehead atoms. The minimum absolute atomic E-state index is 0.0515. The maximum absolute atomic E-state index is 12.9. The molecule has 0 saturated heterocycles. The Bertz CT molecular complexity index is 661.